The number of hydrogen-bond donors (Lipinski definition) is 3. The van der Waals surface area contributed by atoms with E-state index in [0.29, 0.717) is 38.7 Å². The van der Waals surface area contributed by atoms with E-state index < -0.39 is 18.2 Å². The standard InChI is InChI=1S/C27H43NO8/c1-4-11-36-27(33)22(28)13-19-14-24(32)26(35-3)15-18(19)7-9-21(30)16-20(29)8-5-17-6-10-23(31)25(12-17)34-2/h5,7-9,17-19,22-26,31-32H,4,6,10-16,28H2,1-3H3/p+1/b8-5+,9-7+. The van der Waals surface area contributed by atoms with Gasteiger partial charge in [0.05, 0.1) is 37.4 Å². The van der Waals surface area contributed by atoms with Crippen LogP contribution in [0.5, 0.6) is 0 Å². The predicted molar refractivity (Wildman–Crippen MR) is 133 cm³/mol. The zero-order valence-corrected chi connectivity index (χ0v) is 21.8. The summed E-state index contributed by atoms with van der Waals surface area (Å²) in [6, 6.07) is -0.565. The second-order valence-corrected chi connectivity index (χ2v) is 10.1. The molecule has 36 heavy (non-hydrogen) atoms. The fourth-order valence-corrected chi connectivity index (χ4v) is 5.13. The van der Waals surface area contributed by atoms with Gasteiger partial charge in [-0.3, -0.25) is 9.59 Å². The van der Waals surface area contributed by atoms with Crippen molar-refractivity contribution in [2.45, 2.75) is 88.7 Å². The van der Waals surface area contributed by atoms with Crippen molar-refractivity contribution in [1.82, 2.24) is 0 Å². The molecule has 9 nitrogen and oxygen atoms in total. The van der Waals surface area contributed by atoms with Gasteiger partial charge < -0.3 is 30.2 Å². The highest BCUT2D eigenvalue weighted by Crippen LogP contribution is 2.35. The minimum Gasteiger partial charge on any atom is -0.461 e. The van der Waals surface area contributed by atoms with E-state index in [-0.39, 0.29) is 53.9 Å². The number of allylic oxidation sites excluding steroid dienone is 4. The summed E-state index contributed by atoms with van der Waals surface area (Å²) in [7, 11) is 3.11. The Morgan fingerprint density at radius 1 is 0.944 bits per heavy atom. The Morgan fingerprint density at radius 3 is 2.22 bits per heavy atom. The van der Waals surface area contributed by atoms with E-state index in [1.807, 2.05) is 13.0 Å². The summed E-state index contributed by atoms with van der Waals surface area (Å²) in [6.07, 6.45) is 8.62. The van der Waals surface area contributed by atoms with E-state index in [9.17, 15) is 24.6 Å². The third kappa shape index (κ3) is 9.52. The first-order chi connectivity index (χ1) is 17.2. The van der Waals surface area contributed by atoms with Crippen LogP contribution >= 0.6 is 0 Å². The molecule has 2 saturated carbocycles. The maximum absolute atomic E-state index is 12.5. The van der Waals surface area contributed by atoms with Gasteiger partial charge in [0.25, 0.3) is 0 Å². The number of carbonyl (C=O) groups is 3. The molecule has 0 spiro atoms. The lowest BCUT2D eigenvalue weighted by atomic mass is 9.73. The van der Waals surface area contributed by atoms with Gasteiger partial charge >= 0.3 is 5.97 Å². The monoisotopic (exact) mass is 510 g/mol. The molecule has 2 rings (SSSR count). The second-order valence-electron chi connectivity index (χ2n) is 10.1. The Hall–Kier alpha value is -1.91. The van der Waals surface area contributed by atoms with E-state index in [1.165, 1.54) is 12.2 Å². The van der Waals surface area contributed by atoms with Gasteiger partial charge in [-0.25, -0.2) is 4.79 Å². The van der Waals surface area contributed by atoms with Gasteiger partial charge in [0.15, 0.2) is 17.6 Å². The molecular formula is C27H44NO8+. The Kier molecular flexibility index (Phi) is 12.9. The van der Waals surface area contributed by atoms with Crippen molar-refractivity contribution in [3.8, 4) is 0 Å². The van der Waals surface area contributed by atoms with Crippen LogP contribution in [0.15, 0.2) is 24.3 Å². The fraction of sp³-hybridized carbons (Fsp3) is 0.741. The number of hydrogen-bond acceptors (Lipinski definition) is 8. The fourth-order valence-electron chi connectivity index (χ4n) is 5.13. The van der Waals surface area contributed by atoms with Crippen LogP contribution in [0.4, 0.5) is 0 Å². The van der Waals surface area contributed by atoms with E-state index in [1.54, 1.807) is 20.3 Å². The van der Waals surface area contributed by atoms with E-state index >= 15 is 0 Å². The van der Waals surface area contributed by atoms with E-state index in [4.69, 9.17) is 14.2 Å². The second kappa shape index (κ2) is 15.4. The molecule has 0 aromatic carbocycles. The van der Waals surface area contributed by atoms with Crippen molar-refractivity contribution >= 4 is 17.5 Å². The Bertz CT molecular complexity index is 782. The minimum atomic E-state index is -0.662. The van der Waals surface area contributed by atoms with Crippen LogP contribution in [0.1, 0.15) is 58.3 Å². The average Bonchev–Trinajstić information content (AvgIpc) is 2.86. The van der Waals surface area contributed by atoms with Crippen LogP contribution in [0.25, 0.3) is 0 Å². The maximum Gasteiger partial charge on any atom is 0.364 e. The van der Waals surface area contributed by atoms with Crippen LogP contribution < -0.4 is 5.73 Å². The zero-order chi connectivity index (χ0) is 26.7. The summed E-state index contributed by atoms with van der Waals surface area (Å²) in [6.45, 7) is 2.27. The highest BCUT2D eigenvalue weighted by Gasteiger charge is 2.38. The summed E-state index contributed by atoms with van der Waals surface area (Å²) >= 11 is 0. The number of aliphatic hydroxyl groups is 2. The van der Waals surface area contributed by atoms with Crippen molar-refractivity contribution in [3.05, 3.63) is 24.3 Å². The zero-order valence-electron chi connectivity index (χ0n) is 21.8. The van der Waals surface area contributed by atoms with Crippen LogP contribution in [0, 0.1) is 17.8 Å². The molecule has 8 unspecified atom stereocenters. The third-order valence-corrected chi connectivity index (χ3v) is 7.29. The number of ketones is 2. The average molecular weight is 511 g/mol. The van der Waals surface area contributed by atoms with Crippen molar-refractivity contribution in [1.29, 1.82) is 0 Å². The number of aliphatic hydroxyl groups excluding tert-OH is 2. The largest absolute Gasteiger partial charge is 0.461 e. The molecule has 0 saturated heterocycles. The SMILES string of the molecule is CCCOC(=O)C([NH3+])CC1CC(O)C(OC)CC1/C=C/C(=O)CC(=O)/C=C/C1CCC(O)C(OC)C1. The quantitative estimate of drug-likeness (QED) is 0.190. The van der Waals surface area contributed by atoms with E-state index in [0.717, 1.165) is 12.8 Å². The molecule has 2 aliphatic carbocycles. The first-order valence-corrected chi connectivity index (χ1v) is 13.0. The Balaban J connectivity index is 1.94. The van der Waals surface area contributed by atoms with Crippen molar-refractivity contribution in [3.63, 3.8) is 0 Å². The molecule has 0 radical (unpaired) electrons. The van der Waals surface area contributed by atoms with Gasteiger partial charge in [0.2, 0.25) is 0 Å². The van der Waals surface area contributed by atoms with Gasteiger partial charge in [-0.2, -0.15) is 0 Å². The normalized spacial score (nSPS) is 32.0. The molecule has 9 heteroatoms. The Labute approximate surface area is 214 Å². The van der Waals surface area contributed by atoms with Crippen LogP contribution in [0.2, 0.25) is 0 Å². The molecule has 2 aliphatic rings. The maximum atomic E-state index is 12.5. The third-order valence-electron chi connectivity index (χ3n) is 7.29. The highest BCUT2D eigenvalue weighted by atomic mass is 16.5. The molecule has 0 heterocycles. The lowest BCUT2D eigenvalue weighted by Crippen LogP contribution is -2.66. The minimum absolute atomic E-state index is 0.0712. The van der Waals surface area contributed by atoms with Crippen molar-refractivity contribution in [2.24, 2.45) is 17.8 Å². The number of ether oxygens (including phenoxy) is 3. The predicted octanol–water partition coefficient (Wildman–Crippen LogP) is 1.16. The molecule has 5 N–H and O–H groups in total. The van der Waals surface area contributed by atoms with Gasteiger partial charge in [-0.05, 0) is 68.4 Å². The summed E-state index contributed by atoms with van der Waals surface area (Å²) in [5, 5.41) is 20.3. The number of rotatable bonds is 13. The molecule has 0 aliphatic heterocycles. The molecule has 0 amide bonds. The summed E-state index contributed by atoms with van der Waals surface area (Å²) in [5.74, 6) is -0.972. The first-order valence-electron chi connectivity index (χ1n) is 13.0. The van der Waals surface area contributed by atoms with E-state index in [2.05, 4.69) is 5.73 Å². The summed E-state index contributed by atoms with van der Waals surface area (Å²) < 4.78 is 15.9. The van der Waals surface area contributed by atoms with Gasteiger partial charge in [-0.15, -0.1) is 0 Å². The summed E-state index contributed by atoms with van der Waals surface area (Å²) in [4.78, 5) is 37.0. The van der Waals surface area contributed by atoms with Crippen LogP contribution in [-0.2, 0) is 28.6 Å². The smallest absolute Gasteiger partial charge is 0.364 e. The highest BCUT2D eigenvalue weighted by molar-refractivity contribution is 6.08. The summed E-state index contributed by atoms with van der Waals surface area (Å²) in [5.41, 5.74) is 3.94. The molecule has 204 valence electrons. The van der Waals surface area contributed by atoms with Gasteiger partial charge in [0.1, 0.15) is 0 Å². The van der Waals surface area contributed by atoms with Crippen LogP contribution in [0.3, 0.4) is 0 Å². The molecule has 0 bridgehead atoms. The van der Waals surface area contributed by atoms with Gasteiger partial charge in [0, 0.05) is 20.6 Å². The van der Waals surface area contributed by atoms with Crippen LogP contribution in [-0.4, -0.2) is 79.0 Å². The lowest BCUT2D eigenvalue weighted by Gasteiger charge is -2.37. The number of carbonyl (C=O) groups excluding carboxylic acids is 3. The molecule has 8 atom stereocenters. The number of methoxy groups -OCH3 is 2. The topological polar surface area (TPSA) is 147 Å². The van der Waals surface area contributed by atoms with Gasteiger partial charge in [-0.1, -0.05) is 19.1 Å². The molecule has 2 fully saturated rings. The number of quaternary nitrogens is 1. The number of esters is 1. The molecule has 0 aromatic heterocycles. The first kappa shape index (κ1) is 30.3. The molecular weight excluding hydrogens is 466 g/mol. The Morgan fingerprint density at radius 2 is 1.58 bits per heavy atom. The lowest BCUT2D eigenvalue weighted by molar-refractivity contribution is -0.412. The van der Waals surface area contributed by atoms with Crippen molar-refractivity contribution < 1.29 is 44.5 Å². The van der Waals surface area contributed by atoms with Crippen molar-refractivity contribution in [2.75, 3.05) is 20.8 Å². The molecule has 0 aromatic rings.